The predicted octanol–water partition coefficient (Wildman–Crippen LogP) is 0.648. The van der Waals surface area contributed by atoms with Crippen LogP contribution in [0.1, 0.15) is 16.1 Å². The Bertz CT molecular complexity index is 645. The number of aromatic carboxylic acids is 1. The molecule has 96 valence electrons. The highest BCUT2D eigenvalue weighted by molar-refractivity contribution is 7.91. The van der Waals surface area contributed by atoms with E-state index in [0.717, 1.165) is 17.4 Å². The number of carbonyl (C=O) groups is 1. The summed E-state index contributed by atoms with van der Waals surface area (Å²) in [5, 5.41) is 16.3. The highest BCUT2D eigenvalue weighted by Crippen LogP contribution is 2.20. The summed E-state index contributed by atoms with van der Waals surface area (Å²) < 4.78 is 26.0. The summed E-state index contributed by atoms with van der Waals surface area (Å²) >= 11 is 0.865. The van der Waals surface area contributed by atoms with Gasteiger partial charge in [-0.25, -0.2) is 17.9 Å². The number of hydrogen-bond donors (Lipinski definition) is 3. The molecule has 0 unspecified atom stereocenters. The van der Waals surface area contributed by atoms with Crippen LogP contribution in [0.3, 0.4) is 0 Å². The van der Waals surface area contributed by atoms with E-state index in [0.29, 0.717) is 5.69 Å². The molecule has 0 saturated carbocycles. The summed E-state index contributed by atoms with van der Waals surface area (Å²) in [6, 6.07) is 2.77. The molecule has 2 rings (SSSR count). The average Bonchev–Trinajstić information content (AvgIpc) is 2.98. The summed E-state index contributed by atoms with van der Waals surface area (Å²) in [6.45, 7) is 0.0721. The predicted molar refractivity (Wildman–Crippen MR) is 63.9 cm³/mol. The van der Waals surface area contributed by atoms with Crippen LogP contribution in [0, 0.1) is 0 Å². The second kappa shape index (κ2) is 4.88. The molecule has 0 fully saturated rings. The Labute approximate surface area is 107 Å². The average molecular weight is 287 g/mol. The molecule has 2 aromatic heterocycles. The zero-order valence-electron chi connectivity index (χ0n) is 8.95. The topological polar surface area (TPSA) is 112 Å². The largest absolute Gasteiger partial charge is 0.478 e. The van der Waals surface area contributed by atoms with Crippen LogP contribution in [-0.4, -0.2) is 29.7 Å². The molecule has 0 aliphatic carbocycles. The Morgan fingerprint density at radius 3 is 2.89 bits per heavy atom. The third-order valence-electron chi connectivity index (χ3n) is 2.10. The van der Waals surface area contributed by atoms with Gasteiger partial charge in [-0.05, 0) is 12.1 Å². The van der Waals surface area contributed by atoms with Gasteiger partial charge in [-0.15, -0.1) is 11.3 Å². The van der Waals surface area contributed by atoms with Crippen LogP contribution < -0.4 is 4.72 Å². The molecule has 3 N–H and O–H groups in total. The van der Waals surface area contributed by atoms with Crippen LogP contribution in [0.25, 0.3) is 0 Å². The van der Waals surface area contributed by atoms with E-state index in [4.69, 9.17) is 5.11 Å². The van der Waals surface area contributed by atoms with Crippen LogP contribution in [-0.2, 0) is 16.6 Å². The van der Waals surface area contributed by atoms with Crippen LogP contribution in [0.2, 0.25) is 0 Å². The first-order chi connectivity index (χ1) is 8.49. The smallest absolute Gasteiger partial charge is 0.336 e. The number of hydrogen-bond acceptors (Lipinski definition) is 5. The van der Waals surface area contributed by atoms with E-state index in [1.807, 2.05) is 0 Å². The summed E-state index contributed by atoms with van der Waals surface area (Å²) in [5.74, 6) is -1.15. The van der Waals surface area contributed by atoms with Crippen molar-refractivity contribution < 1.29 is 18.3 Å². The number of nitrogens with zero attached hydrogens (tertiary/aromatic N) is 1. The maximum absolute atomic E-state index is 11.8. The molecule has 0 spiro atoms. The van der Waals surface area contributed by atoms with E-state index in [-0.39, 0.29) is 16.3 Å². The summed E-state index contributed by atoms with van der Waals surface area (Å²) in [6.07, 6.45) is 1.51. The zero-order valence-corrected chi connectivity index (χ0v) is 10.6. The number of thiophene rings is 1. The van der Waals surface area contributed by atoms with Crippen molar-refractivity contribution in [3.63, 3.8) is 0 Å². The maximum Gasteiger partial charge on any atom is 0.336 e. The van der Waals surface area contributed by atoms with Gasteiger partial charge in [0.15, 0.2) is 0 Å². The van der Waals surface area contributed by atoms with Gasteiger partial charge in [-0.2, -0.15) is 5.10 Å². The first-order valence-corrected chi connectivity index (χ1v) is 7.15. The fourth-order valence-corrected chi connectivity index (χ4v) is 3.40. The van der Waals surface area contributed by atoms with E-state index in [1.54, 1.807) is 6.07 Å². The molecule has 0 aliphatic rings. The molecule has 9 heteroatoms. The van der Waals surface area contributed by atoms with Gasteiger partial charge in [-0.3, -0.25) is 5.10 Å². The highest BCUT2D eigenvalue weighted by Gasteiger charge is 2.18. The van der Waals surface area contributed by atoms with Crippen LogP contribution in [0.4, 0.5) is 0 Å². The Balaban J connectivity index is 2.12. The fraction of sp³-hybridized carbons (Fsp3) is 0.111. The molecule has 0 atom stereocenters. The Morgan fingerprint density at radius 2 is 2.33 bits per heavy atom. The monoisotopic (exact) mass is 287 g/mol. The van der Waals surface area contributed by atoms with E-state index in [9.17, 15) is 13.2 Å². The number of rotatable bonds is 5. The van der Waals surface area contributed by atoms with Crippen molar-refractivity contribution in [2.45, 2.75) is 10.8 Å². The van der Waals surface area contributed by atoms with Crippen LogP contribution in [0.15, 0.2) is 27.9 Å². The minimum Gasteiger partial charge on any atom is -0.478 e. The third kappa shape index (κ3) is 2.75. The van der Waals surface area contributed by atoms with Crippen molar-refractivity contribution in [1.82, 2.24) is 14.9 Å². The second-order valence-corrected chi connectivity index (χ2v) is 6.27. The van der Waals surface area contributed by atoms with Crippen LogP contribution >= 0.6 is 11.3 Å². The number of aromatic amines is 1. The number of H-pyrrole nitrogens is 1. The van der Waals surface area contributed by atoms with Gasteiger partial charge < -0.3 is 5.11 Å². The number of carboxylic acids is 1. The van der Waals surface area contributed by atoms with Gasteiger partial charge >= 0.3 is 5.97 Å². The molecule has 2 aromatic rings. The van der Waals surface area contributed by atoms with Gasteiger partial charge in [0, 0.05) is 11.6 Å². The number of carboxylic acid groups (broad SMARTS) is 1. The SMILES string of the molecule is O=C(O)c1csc(S(=O)(=O)NCc2ccn[nH]2)c1. The lowest BCUT2D eigenvalue weighted by atomic mass is 10.4. The Hall–Kier alpha value is -1.71. The first-order valence-electron chi connectivity index (χ1n) is 4.79. The van der Waals surface area contributed by atoms with E-state index >= 15 is 0 Å². The standard InChI is InChI=1S/C9H9N3O4S2/c13-9(14)6-3-8(17-5-6)18(15,16)11-4-7-1-2-10-12-7/h1-3,5,11H,4H2,(H,10,12)(H,13,14). The lowest BCUT2D eigenvalue weighted by Crippen LogP contribution is -2.22. The number of sulfonamides is 1. The third-order valence-corrected chi connectivity index (χ3v) is 4.94. The summed E-state index contributed by atoms with van der Waals surface area (Å²) in [5.41, 5.74) is 0.579. The number of aromatic nitrogens is 2. The molecule has 0 aromatic carbocycles. The van der Waals surface area contributed by atoms with Gasteiger partial charge in [0.05, 0.1) is 17.8 Å². The molecule has 2 heterocycles. The van der Waals surface area contributed by atoms with Gasteiger partial charge in [0.1, 0.15) is 4.21 Å². The molecule has 0 radical (unpaired) electrons. The normalized spacial score (nSPS) is 11.6. The van der Waals surface area contributed by atoms with Crippen molar-refractivity contribution in [1.29, 1.82) is 0 Å². The fourth-order valence-electron chi connectivity index (χ4n) is 1.20. The van der Waals surface area contributed by atoms with Crippen molar-refractivity contribution in [2.24, 2.45) is 0 Å². The molecule has 0 bridgehead atoms. The van der Waals surface area contributed by atoms with E-state index in [2.05, 4.69) is 14.9 Å². The minimum absolute atomic E-state index is 0.0283. The van der Waals surface area contributed by atoms with E-state index in [1.165, 1.54) is 11.6 Å². The molecule has 0 saturated heterocycles. The molecular weight excluding hydrogens is 278 g/mol. The van der Waals surface area contributed by atoms with Crippen molar-refractivity contribution >= 4 is 27.3 Å². The minimum atomic E-state index is -3.69. The van der Waals surface area contributed by atoms with Gasteiger partial charge in [0.2, 0.25) is 10.0 Å². The van der Waals surface area contributed by atoms with Crippen molar-refractivity contribution in [3.8, 4) is 0 Å². The summed E-state index contributed by atoms with van der Waals surface area (Å²) in [7, 11) is -3.69. The number of nitrogens with one attached hydrogen (secondary N) is 2. The maximum atomic E-state index is 11.8. The molecule has 0 aliphatic heterocycles. The lowest BCUT2D eigenvalue weighted by molar-refractivity contribution is 0.0697. The van der Waals surface area contributed by atoms with Gasteiger partial charge in [-0.1, -0.05) is 0 Å². The first kappa shape index (κ1) is 12.7. The molecule has 18 heavy (non-hydrogen) atoms. The van der Waals surface area contributed by atoms with Crippen LogP contribution in [0.5, 0.6) is 0 Å². The summed E-state index contributed by atoms with van der Waals surface area (Å²) in [4.78, 5) is 10.7. The van der Waals surface area contributed by atoms with E-state index < -0.39 is 16.0 Å². The molecular formula is C9H9N3O4S2. The molecule has 0 amide bonds. The Morgan fingerprint density at radius 1 is 1.56 bits per heavy atom. The zero-order chi connectivity index (χ0) is 13.2. The molecule has 7 nitrogen and oxygen atoms in total. The lowest BCUT2D eigenvalue weighted by Gasteiger charge is -2.02. The van der Waals surface area contributed by atoms with Crippen molar-refractivity contribution in [3.05, 3.63) is 35.0 Å². The Kier molecular flexibility index (Phi) is 3.45. The van der Waals surface area contributed by atoms with Gasteiger partial charge in [0.25, 0.3) is 0 Å². The quantitative estimate of drug-likeness (QED) is 0.747. The van der Waals surface area contributed by atoms with Crippen molar-refractivity contribution in [2.75, 3.05) is 0 Å². The highest BCUT2D eigenvalue weighted by atomic mass is 32.2. The second-order valence-electron chi connectivity index (χ2n) is 3.37.